The molecule has 60 heavy (non-hydrogen) atoms. The number of furan rings is 1. The van der Waals surface area contributed by atoms with Crippen LogP contribution in [-0.2, 0) is 5.41 Å². The number of hydrogen-bond donors (Lipinski definition) is 0. The van der Waals surface area contributed by atoms with E-state index in [4.69, 9.17) is 4.42 Å². The van der Waals surface area contributed by atoms with Crippen molar-refractivity contribution in [2.24, 2.45) is 23.7 Å². The molecule has 1 spiro atoms. The fourth-order valence-corrected chi connectivity index (χ4v) is 12.9. The van der Waals surface area contributed by atoms with Gasteiger partial charge in [-0.2, -0.15) is 0 Å². The van der Waals surface area contributed by atoms with Crippen molar-refractivity contribution in [1.82, 2.24) is 0 Å². The molecule has 2 heteroatoms. The van der Waals surface area contributed by atoms with Gasteiger partial charge in [-0.3, -0.25) is 0 Å². The lowest BCUT2D eigenvalue weighted by Gasteiger charge is -2.61. The molecule has 14 rings (SSSR count). The molecule has 1 heterocycles. The minimum Gasteiger partial charge on any atom is -0.454 e. The zero-order chi connectivity index (χ0) is 39.4. The maximum Gasteiger partial charge on any atom is 0.159 e. The number of nitrogens with zero attached hydrogens (tertiary/aromatic N) is 1. The van der Waals surface area contributed by atoms with E-state index in [9.17, 15) is 0 Å². The Balaban J connectivity index is 1.07. The largest absolute Gasteiger partial charge is 0.454 e. The van der Waals surface area contributed by atoms with E-state index in [1.807, 2.05) is 0 Å². The van der Waals surface area contributed by atoms with Crippen molar-refractivity contribution in [3.05, 3.63) is 199 Å². The molecule has 0 aliphatic heterocycles. The lowest BCUT2D eigenvalue weighted by atomic mass is 9.42. The molecule has 2 nitrogen and oxygen atoms in total. The zero-order valence-electron chi connectivity index (χ0n) is 33.6. The summed E-state index contributed by atoms with van der Waals surface area (Å²) in [6.45, 7) is 0. The smallest absolute Gasteiger partial charge is 0.159 e. The van der Waals surface area contributed by atoms with Crippen LogP contribution in [0.3, 0.4) is 0 Å². The molecule has 4 bridgehead atoms. The summed E-state index contributed by atoms with van der Waals surface area (Å²) in [7, 11) is 0. The fraction of sp³-hybridized carbons (Fsp3) is 0.172. The van der Waals surface area contributed by atoms with Crippen LogP contribution < -0.4 is 4.90 Å². The Kier molecular flexibility index (Phi) is 7.52. The predicted molar refractivity (Wildman–Crippen MR) is 248 cm³/mol. The highest BCUT2D eigenvalue weighted by atomic mass is 16.3. The number of anilines is 3. The van der Waals surface area contributed by atoms with Crippen LogP contribution in [0.1, 0.15) is 43.2 Å². The average molecular weight is 772 g/mol. The first-order chi connectivity index (χ1) is 29.7. The first kappa shape index (κ1) is 34.2. The third-order valence-electron chi connectivity index (χ3n) is 15.0. The van der Waals surface area contributed by atoms with Crippen molar-refractivity contribution in [2.45, 2.75) is 37.5 Å². The van der Waals surface area contributed by atoms with E-state index in [-0.39, 0.29) is 5.41 Å². The highest BCUT2D eigenvalue weighted by Gasteiger charge is 2.62. The number of benzene rings is 8. The van der Waals surface area contributed by atoms with Gasteiger partial charge in [0.05, 0.1) is 5.69 Å². The summed E-state index contributed by atoms with van der Waals surface area (Å²) in [5.74, 6) is 3.13. The third kappa shape index (κ3) is 5.00. The molecule has 9 aromatic rings. The molecule has 4 fully saturated rings. The Labute approximate surface area is 351 Å². The van der Waals surface area contributed by atoms with E-state index in [1.54, 1.807) is 11.1 Å². The lowest BCUT2D eigenvalue weighted by Crippen LogP contribution is -2.55. The molecular weight excluding hydrogens is 727 g/mol. The van der Waals surface area contributed by atoms with Crippen molar-refractivity contribution in [2.75, 3.05) is 4.90 Å². The molecule has 0 radical (unpaired) electrons. The van der Waals surface area contributed by atoms with Crippen LogP contribution in [0.2, 0.25) is 0 Å². The molecule has 288 valence electrons. The van der Waals surface area contributed by atoms with Gasteiger partial charge in [-0.25, -0.2) is 0 Å². The van der Waals surface area contributed by atoms with Crippen LogP contribution in [0, 0.1) is 23.7 Å². The highest BCUT2D eigenvalue weighted by Crippen LogP contribution is 2.70. The number of hydrogen-bond acceptors (Lipinski definition) is 2. The summed E-state index contributed by atoms with van der Waals surface area (Å²) >= 11 is 0. The van der Waals surface area contributed by atoms with Crippen molar-refractivity contribution in [3.63, 3.8) is 0 Å². The van der Waals surface area contributed by atoms with Gasteiger partial charge in [-0.1, -0.05) is 146 Å². The lowest BCUT2D eigenvalue weighted by molar-refractivity contribution is -0.0397. The van der Waals surface area contributed by atoms with Crippen molar-refractivity contribution in [3.8, 4) is 44.5 Å². The molecule has 4 saturated carbocycles. The maximum absolute atomic E-state index is 6.81. The normalized spacial score (nSPS) is 22.1. The summed E-state index contributed by atoms with van der Waals surface area (Å²) in [6, 6.07) is 69.8. The molecule has 0 N–H and O–H groups in total. The topological polar surface area (TPSA) is 16.4 Å². The number of rotatable bonds is 6. The van der Waals surface area contributed by atoms with Crippen LogP contribution in [0.15, 0.2) is 192 Å². The fourth-order valence-electron chi connectivity index (χ4n) is 12.9. The van der Waals surface area contributed by atoms with E-state index in [0.29, 0.717) is 11.8 Å². The van der Waals surface area contributed by atoms with E-state index in [1.165, 1.54) is 76.6 Å². The van der Waals surface area contributed by atoms with E-state index in [2.05, 4.69) is 193 Å². The Hall–Kier alpha value is -6.64. The van der Waals surface area contributed by atoms with Gasteiger partial charge >= 0.3 is 0 Å². The summed E-state index contributed by atoms with van der Waals surface area (Å²) in [5, 5.41) is 2.25. The molecule has 0 atom stereocenters. The quantitative estimate of drug-likeness (QED) is 0.167. The van der Waals surface area contributed by atoms with Crippen molar-refractivity contribution < 1.29 is 4.42 Å². The standard InChI is InChI=1S/C58H45NO/c1-3-13-39(14-4-1)41-25-27-46(28-26-41)59(54-23-12-21-52-50-18-8-10-24-55(50)60-57(52)54)47-35-42(40-15-5-2-6-16-40)34-43(36-47)48-19-11-20-51-49-17-7-9-22-53(49)58(56(48)51)44-30-37-29-38(32-44)33-45(58)31-37/h1-28,34-38,44-45H,29-33H2. The molecule has 5 aliphatic carbocycles. The van der Waals surface area contributed by atoms with Gasteiger partial charge in [-0.15, -0.1) is 0 Å². The predicted octanol–water partition coefficient (Wildman–Crippen LogP) is 15.8. The molecule has 8 aromatic carbocycles. The van der Waals surface area contributed by atoms with Crippen LogP contribution in [0.25, 0.3) is 66.4 Å². The molecular formula is C58H45NO. The monoisotopic (exact) mass is 771 g/mol. The number of para-hydroxylation sites is 2. The van der Waals surface area contributed by atoms with Crippen LogP contribution >= 0.6 is 0 Å². The zero-order valence-corrected chi connectivity index (χ0v) is 33.6. The summed E-state index contributed by atoms with van der Waals surface area (Å²) < 4.78 is 6.81. The van der Waals surface area contributed by atoms with E-state index in [0.717, 1.165) is 50.8 Å². The summed E-state index contributed by atoms with van der Waals surface area (Å²) in [6.07, 6.45) is 6.89. The van der Waals surface area contributed by atoms with Gasteiger partial charge in [0.1, 0.15) is 5.58 Å². The van der Waals surface area contributed by atoms with Gasteiger partial charge in [0.25, 0.3) is 0 Å². The van der Waals surface area contributed by atoms with Gasteiger partial charge in [-0.05, 0) is 154 Å². The van der Waals surface area contributed by atoms with Gasteiger partial charge < -0.3 is 9.32 Å². The van der Waals surface area contributed by atoms with Crippen LogP contribution in [0.4, 0.5) is 17.1 Å². The molecule has 0 saturated heterocycles. The molecule has 0 amide bonds. The summed E-state index contributed by atoms with van der Waals surface area (Å²) in [5.41, 5.74) is 18.6. The van der Waals surface area contributed by atoms with Crippen molar-refractivity contribution >= 4 is 39.0 Å². The minimum atomic E-state index is 0.0473. The molecule has 5 aliphatic rings. The molecule has 1 aromatic heterocycles. The average Bonchev–Trinajstić information content (AvgIpc) is 3.84. The second-order valence-corrected chi connectivity index (χ2v) is 18.1. The Bertz CT molecular complexity index is 3070. The number of fused-ring (bicyclic) bond motifs is 6. The van der Waals surface area contributed by atoms with Gasteiger partial charge in [0.15, 0.2) is 5.58 Å². The Morgan fingerprint density at radius 1 is 0.417 bits per heavy atom. The van der Waals surface area contributed by atoms with Crippen LogP contribution in [-0.4, -0.2) is 0 Å². The SMILES string of the molecule is c1ccc(-c2ccc(N(c3cc(-c4ccccc4)cc(-c4cccc5c4C4(c6ccccc6-5)C5CC6CC(C5)CC4C6)c3)c3cccc4c3oc3ccccc34)cc2)cc1. The van der Waals surface area contributed by atoms with Gasteiger partial charge in [0.2, 0.25) is 0 Å². The van der Waals surface area contributed by atoms with Crippen molar-refractivity contribution in [1.29, 1.82) is 0 Å². The Morgan fingerprint density at radius 3 is 1.77 bits per heavy atom. The van der Waals surface area contributed by atoms with E-state index >= 15 is 0 Å². The first-order valence-electron chi connectivity index (χ1n) is 22.0. The first-order valence-corrected chi connectivity index (χ1v) is 22.0. The minimum absolute atomic E-state index is 0.0473. The Morgan fingerprint density at radius 2 is 1.00 bits per heavy atom. The highest BCUT2D eigenvalue weighted by molar-refractivity contribution is 6.10. The third-order valence-corrected chi connectivity index (χ3v) is 15.0. The van der Waals surface area contributed by atoms with Crippen LogP contribution in [0.5, 0.6) is 0 Å². The second-order valence-electron chi connectivity index (χ2n) is 18.1. The van der Waals surface area contributed by atoms with Gasteiger partial charge in [0, 0.05) is 27.6 Å². The maximum atomic E-state index is 6.81. The molecule has 0 unspecified atom stereocenters. The summed E-state index contributed by atoms with van der Waals surface area (Å²) in [4.78, 5) is 2.44. The van der Waals surface area contributed by atoms with E-state index < -0.39 is 0 Å². The second kappa shape index (κ2) is 13.2.